The summed E-state index contributed by atoms with van der Waals surface area (Å²) in [5, 5.41) is 6.05. The van der Waals surface area contributed by atoms with Crippen LogP contribution in [-0.4, -0.2) is 11.8 Å². The van der Waals surface area contributed by atoms with Crippen molar-refractivity contribution in [3.63, 3.8) is 0 Å². The Bertz CT molecular complexity index is 969. The Balaban J connectivity index is 1.76. The number of carbonyl (C=O) groups excluding carboxylic acids is 2. The van der Waals surface area contributed by atoms with Crippen molar-refractivity contribution < 1.29 is 9.59 Å². The number of hydrogen-bond donors (Lipinski definition) is 2. The Morgan fingerprint density at radius 3 is 2.31 bits per heavy atom. The molecule has 0 saturated heterocycles. The average molecular weight is 365 g/mol. The quantitative estimate of drug-likeness (QED) is 0.672. The Labute approximate surface area is 156 Å². The molecule has 0 unspecified atom stereocenters. The largest absolute Gasteiger partial charge is 0.322 e. The van der Waals surface area contributed by atoms with Crippen LogP contribution in [0.15, 0.2) is 72.8 Å². The fourth-order valence-corrected chi connectivity index (χ4v) is 2.70. The maximum absolute atomic E-state index is 12.4. The first kappa shape index (κ1) is 17.7. The molecule has 3 aromatic rings. The molecule has 2 N–H and O–H groups in total. The van der Waals surface area contributed by atoms with Gasteiger partial charge in [-0.1, -0.05) is 48.0 Å². The van der Waals surface area contributed by atoms with Gasteiger partial charge in [0.25, 0.3) is 11.8 Å². The molecule has 4 nitrogen and oxygen atoms in total. The van der Waals surface area contributed by atoms with E-state index in [0.717, 1.165) is 5.56 Å². The SMILES string of the molecule is Cc1ccccc1C(=O)Nc1cccc(C(=O)Nc2ccccc2Cl)c1. The number of carbonyl (C=O) groups is 2. The van der Waals surface area contributed by atoms with Crippen molar-refractivity contribution in [2.45, 2.75) is 6.92 Å². The van der Waals surface area contributed by atoms with E-state index in [-0.39, 0.29) is 11.8 Å². The van der Waals surface area contributed by atoms with Crippen LogP contribution in [0.1, 0.15) is 26.3 Å². The zero-order chi connectivity index (χ0) is 18.5. The standard InChI is InChI=1S/C21H17ClN2O2/c1-14-7-2-3-10-17(14)21(26)23-16-9-6-8-15(13-16)20(25)24-19-12-5-4-11-18(19)22/h2-13H,1H3,(H,23,26)(H,24,25). The smallest absolute Gasteiger partial charge is 0.255 e. The molecule has 0 spiro atoms. The van der Waals surface area contributed by atoms with E-state index in [0.29, 0.717) is 27.5 Å². The summed E-state index contributed by atoms with van der Waals surface area (Å²) >= 11 is 6.07. The Morgan fingerprint density at radius 2 is 1.54 bits per heavy atom. The van der Waals surface area contributed by atoms with Gasteiger partial charge >= 0.3 is 0 Å². The third-order valence-corrected chi connectivity index (χ3v) is 4.22. The van der Waals surface area contributed by atoms with Crippen LogP contribution in [0.4, 0.5) is 11.4 Å². The highest BCUT2D eigenvalue weighted by molar-refractivity contribution is 6.33. The number of benzene rings is 3. The number of rotatable bonds is 4. The lowest BCUT2D eigenvalue weighted by molar-refractivity contribution is 0.101. The zero-order valence-corrected chi connectivity index (χ0v) is 14.9. The summed E-state index contributed by atoms with van der Waals surface area (Å²) in [4.78, 5) is 24.9. The summed E-state index contributed by atoms with van der Waals surface area (Å²) in [5.74, 6) is -0.517. The van der Waals surface area contributed by atoms with Crippen LogP contribution in [0.3, 0.4) is 0 Å². The third-order valence-electron chi connectivity index (χ3n) is 3.89. The minimum absolute atomic E-state index is 0.216. The van der Waals surface area contributed by atoms with Crippen molar-refractivity contribution >= 4 is 34.8 Å². The molecule has 0 aliphatic rings. The zero-order valence-electron chi connectivity index (χ0n) is 14.1. The predicted octanol–water partition coefficient (Wildman–Crippen LogP) is 5.15. The molecule has 2 amide bonds. The normalized spacial score (nSPS) is 10.2. The van der Waals surface area contributed by atoms with Gasteiger partial charge in [-0.3, -0.25) is 9.59 Å². The molecule has 0 bridgehead atoms. The van der Waals surface area contributed by atoms with Crippen molar-refractivity contribution in [1.82, 2.24) is 0 Å². The first-order chi connectivity index (χ1) is 12.5. The van der Waals surface area contributed by atoms with Gasteiger partial charge in [0.2, 0.25) is 0 Å². The molecule has 5 heteroatoms. The molecule has 3 rings (SSSR count). The molecule has 0 radical (unpaired) electrons. The predicted molar refractivity (Wildman–Crippen MR) is 105 cm³/mol. The maximum atomic E-state index is 12.4. The molecule has 0 aromatic heterocycles. The fraction of sp³-hybridized carbons (Fsp3) is 0.0476. The van der Waals surface area contributed by atoms with Gasteiger partial charge in [0.05, 0.1) is 10.7 Å². The number of nitrogens with one attached hydrogen (secondary N) is 2. The monoisotopic (exact) mass is 364 g/mol. The summed E-state index contributed by atoms with van der Waals surface area (Å²) in [5.41, 5.74) is 2.99. The van der Waals surface area contributed by atoms with Gasteiger partial charge in [-0.05, 0) is 48.9 Å². The molecule has 0 aliphatic carbocycles. The van der Waals surface area contributed by atoms with Gasteiger partial charge in [-0.2, -0.15) is 0 Å². The number of anilines is 2. The highest BCUT2D eigenvalue weighted by Gasteiger charge is 2.12. The first-order valence-corrected chi connectivity index (χ1v) is 8.45. The average Bonchev–Trinajstić information content (AvgIpc) is 2.64. The number of aryl methyl sites for hydroxylation is 1. The van der Waals surface area contributed by atoms with Gasteiger partial charge in [-0.25, -0.2) is 0 Å². The molecular formula is C21H17ClN2O2. The van der Waals surface area contributed by atoms with Gasteiger partial charge in [0, 0.05) is 16.8 Å². The van der Waals surface area contributed by atoms with E-state index in [1.54, 1.807) is 54.6 Å². The van der Waals surface area contributed by atoms with Crippen LogP contribution in [0.25, 0.3) is 0 Å². The van der Waals surface area contributed by atoms with Crippen LogP contribution in [-0.2, 0) is 0 Å². The van der Waals surface area contributed by atoms with Gasteiger partial charge in [0.1, 0.15) is 0 Å². The second kappa shape index (κ2) is 7.85. The lowest BCUT2D eigenvalue weighted by Gasteiger charge is -2.10. The van der Waals surface area contributed by atoms with Crippen molar-refractivity contribution in [3.8, 4) is 0 Å². The van der Waals surface area contributed by atoms with Crippen molar-refractivity contribution in [2.75, 3.05) is 10.6 Å². The molecule has 130 valence electrons. The Hall–Kier alpha value is -3.11. The highest BCUT2D eigenvalue weighted by Crippen LogP contribution is 2.22. The van der Waals surface area contributed by atoms with Gasteiger partial charge in [0.15, 0.2) is 0 Å². The molecular weight excluding hydrogens is 348 g/mol. The van der Waals surface area contributed by atoms with Crippen molar-refractivity contribution in [3.05, 3.63) is 94.5 Å². The van der Waals surface area contributed by atoms with Crippen LogP contribution in [0.2, 0.25) is 5.02 Å². The second-order valence-corrected chi connectivity index (χ2v) is 6.19. The Kier molecular flexibility index (Phi) is 5.34. The number of hydrogen-bond acceptors (Lipinski definition) is 2. The second-order valence-electron chi connectivity index (χ2n) is 5.78. The lowest BCUT2D eigenvalue weighted by Crippen LogP contribution is -2.15. The highest BCUT2D eigenvalue weighted by atomic mass is 35.5. The van der Waals surface area contributed by atoms with Crippen LogP contribution < -0.4 is 10.6 Å². The fourth-order valence-electron chi connectivity index (χ4n) is 2.52. The van der Waals surface area contributed by atoms with E-state index in [1.165, 1.54) is 0 Å². The molecule has 3 aromatic carbocycles. The summed E-state index contributed by atoms with van der Waals surface area (Å²) in [6.07, 6.45) is 0. The van der Waals surface area contributed by atoms with E-state index >= 15 is 0 Å². The van der Waals surface area contributed by atoms with E-state index < -0.39 is 0 Å². The Morgan fingerprint density at radius 1 is 0.808 bits per heavy atom. The molecule has 0 fully saturated rings. The molecule has 26 heavy (non-hydrogen) atoms. The summed E-state index contributed by atoms with van der Waals surface area (Å²) in [6.45, 7) is 1.88. The van der Waals surface area contributed by atoms with E-state index in [2.05, 4.69) is 10.6 Å². The summed E-state index contributed by atoms with van der Waals surface area (Å²) in [6, 6.07) is 21.1. The number of amides is 2. The minimum atomic E-state index is -0.301. The van der Waals surface area contributed by atoms with E-state index in [9.17, 15) is 9.59 Å². The molecule has 0 atom stereocenters. The first-order valence-electron chi connectivity index (χ1n) is 8.07. The molecule has 0 aliphatic heterocycles. The topological polar surface area (TPSA) is 58.2 Å². The number of halogens is 1. The van der Waals surface area contributed by atoms with Crippen LogP contribution in [0.5, 0.6) is 0 Å². The maximum Gasteiger partial charge on any atom is 0.255 e. The van der Waals surface area contributed by atoms with Gasteiger partial charge in [-0.15, -0.1) is 0 Å². The lowest BCUT2D eigenvalue weighted by atomic mass is 10.1. The van der Waals surface area contributed by atoms with Crippen LogP contribution >= 0.6 is 11.6 Å². The van der Waals surface area contributed by atoms with E-state index in [1.807, 2.05) is 25.1 Å². The molecule has 0 saturated carbocycles. The molecule has 0 heterocycles. The van der Waals surface area contributed by atoms with Crippen molar-refractivity contribution in [1.29, 1.82) is 0 Å². The third kappa shape index (κ3) is 4.10. The minimum Gasteiger partial charge on any atom is -0.322 e. The van der Waals surface area contributed by atoms with E-state index in [4.69, 9.17) is 11.6 Å². The number of para-hydroxylation sites is 1. The van der Waals surface area contributed by atoms with Crippen LogP contribution in [0, 0.1) is 6.92 Å². The van der Waals surface area contributed by atoms with Crippen molar-refractivity contribution in [2.24, 2.45) is 0 Å². The summed E-state index contributed by atoms with van der Waals surface area (Å²) < 4.78 is 0. The van der Waals surface area contributed by atoms with Gasteiger partial charge < -0.3 is 10.6 Å². The summed E-state index contributed by atoms with van der Waals surface area (Å²) in [7, 11) is 0.